The number of thioether (sulfide) groups is 1. The molecule has 6 nitrogen and oxygen atoms in total. The number of carbonyl (C=O) groups excluding carboxylic acids is 1. The van der Waals surface area contributed by atoms with Gasteiger partial charge in [-0.15, -0.1) is 11.8 Å². The molecule has 0 aromatic heterocycles. The van der Waals surface area contributed by atoms with Crippen molar-refractivity contribution in [3.8, 4) is 5.75 Å². The minimum absolute atomic E-state index is 0.0201. The Bertz CT molecular complexity index is 913. The first-order valence-electron chi connectivity index (χ1n) is 10.0. The minimum atomic E-state index is -3.92. The second kappa shape index (κ2) is 11.3. The van der Waals surface area contributed by atoms with E-state index in [0.29, 0.717) is 18.0 Å². The molecule has 0 heterocycles. The Balaban J connectivity index is 2.37. The molecule has 0 spiro atoms. The number of amides is 1. The second-order valence-electron chi connectivity index (χ2n) is 6.87. The maximum Gasteiger partial charge on any atom is 0.264 e. The van der Waals surface area contributed by atoms with E-state index >= 15 is 0 Å². The van der Waals surface area contributed by atoms with Crippen LogP contribution in [0.4, 0.5) is 5.69 Å². The van der Waals surface area contributed by atoms with E-state index < -0.39 is 10.0 Å². The van der Waals surface area contributed by atoms with E-state index in [-0.39, 0.29) is 23.4 Å². The Morgan fingerprint density at radius 3 is 2.27 bits per heavy atom. The zero-order valence-corrected chi connectivity index (χ0v) is 19.6. The summed E-state index contributed by atoms with van der Waals surface area (Å²) in [5.74, 6) is 0.304. The number of ether oxygens (including phenoxy) is 1. The lowest BCUT2D eigenvalue weighted by Crippen LogP contribution is -2.43. The molecule has 0 unspecified atom stereocenters. The van der Waals surface area contributed by atoms with Gasteiger partial charge in [0, 0.05) is 10.9 Å². The highest BCUT2D eigenvalue weighted by molar-refractivity contribution is 7.98. The van der Waals surface area contributed by atoms with Crippen molar-refractivity contribution in [3.63, 3.8) is 0 Å². The van der Waals surface area contributed by atoms with Crippen molar-refractivity contribution in [3.05, 3.63) is 48.5 Å². The lowest BCUT2D eigenvalue weighted by molar-refractivity contribution is -0.120. The van der Waals surface area contributed by atoms with Crippen LogP contribution in [0.1, 0.15) is 33.6 Å². The molecule has 1 N–H and O–H groups in total. The average molecular weight is 451 g/mol. The van der Waals surface area contributed by atoms with Crippen LogP contribution in [0, 0.1) is 0 Å². The number of nitrogens with zero attached hydrogens (tertiary/aromatic N) is 1. The van der Waals surface area contributed by atoms with E-state index in [1.165, 1.54) is 11.8 Å². The van der Waals surface area contributed by atoms with Gasteiger partial charge < -0.3 is 10.1 Å². The molecule has 0 saturated carbocycles. The number of sulfonamides is 1. The van der Waals surface area contributed by atoms with Crippen LogP contribution in [-0.4, -0.2) is 39.8 Å². The van der Waals surface area contributed by atoms with Gasteiger partial charge in [-0.1, -0.05) is 13.3 Å². The highest BCUT2D eigenvalue weighted by Crippen LogP contribution is 2.27. The molecule has 1 atom stereocenters. The first-order chi connectivity index (χ1) is 14.3. The van der Waals surface area contributed by atoms with E-state index in [1.807, 2.05) is 27.0 Å². The van der Waals surface area contributed by atoms with Gasteiger partial charge >= 0.3 is 0 Å². The fourth-order valence-electron chi connectivity index (χ4n) is 3.02. The summed E-state index contributed by atoms with van der Waals surface area (Å²) >= 11 is 1.53. The Hall–Kier alpha value is -2.19. The van der Waals surface area contributed by atoms with E-state index in [2.05, 4.69) is 5.32 Å². The van der Waals surface area contributed by atoms with E-state index in [4.69, 9.17) is 4.74 Å². The second-order valence-corrected chi connectivity index (χ2v) is 9.61. The highest BCUT2D eigenvalue weighted by atomic mass is 32.2. The quantitative estimate of drug-likeness (QED) is 0.517. The molecule has 2 aromatic rings. The SMILES string of the molecule is CCC[C@@H](C)NC(=O)CN(c1ccc(OCC)cc1)S(=O)(=O)c1ccc(SC)cc1. The van der Waals surface area contributed by atoms with Gasteiger partial charge in [-0.05, 0) is 75.1 Å². The third-order valence-electron chi connectivity index (χ3n) is 4.50. The van der Waals surface area contributed by atoms with Crippen LogP contribution in [-0.2, 0) is 14.8 Å². The summed E-state index contributed by atoms with van der Waals surface area (Å²) in [6, 6.07) is 13.4. The first-order valence-corrected chi connectivity index (χ1v) is 12.7. The molecule has 2 aromatic carbocycles. The molecule has 164 valence electrons. The minimum Gasteiger partial charge on any atom is -0.494 e. The maximum absolute atomic E-state index is 13.4. The molecular formula is C22H30N2O4S2. The smallest absolute Gasteiger partial charge is 0.264 e. The molecule has 1 amide bonds. The lowest BCUT2D eigenvalue weighted by atomic mass is 10.2. The van der Waals surface area contributed by atoms with Crippen LogP contribution in [0.2, 0.25) is 0 Å². The summed E-state index contributed by atoms with van der Waals surface area (Å²) in [6.45, 7) is 6.05. The third-order valence-corrected chi connectivity index (χ3v) is 7.03. The van der Waals surface area contributed by atoms with E-state index in [9.17, 15) is 13.2 Å². The lowest BCUT2D eigenvalue weighted by Gasteiger charge is -2.25. The summed E-state index contributed by atoms with van der Waals surface area (Å²) in [5, 5.41) is 2.88. The van der Waals surface area contributed by atoms with Crippen LogP contribution in [0.15, 0.2) is 58.3 Å². The van der Waals surface area contributed by atoms with Crippen molar-refractivity contribution < 1.29 is 17.9 Å². The average Bonchev–Trinajstić information content (AvgIpc) is 2.73. The van der Waals surface area contributed by atoms with Gasteiger partial charge in [0.1, 0.15) is 12.3 Å². The Kier molecular flexibility index (Phi) is 9.05. The van der Waals surface area contributed by atoms with Gasteiger partial charge in [-0.3, -0.25) is 9.10 Å². The van der Waals surface area contributed by atoms with Gasteiger partial charge in [0.2, 0.25) is 5.91 Å². The summed E-state index contributed by atoms with van der Waals surface area (Å²) in [4.78, 5) is 13.7. The molecule has 0 fully saturated rings. The zero-order valence-electron chi connectivity index (χ0n) is 17.9. The molecule has 0 aliphatic rings. The van der Waals surface area contributed by atoms with E-state index in [0.717, 1.165) is 22.0 Å². The number of hydrogen-bond donors (Lipinski definition) is 1. The van der Waals surface area contributed by atoms with Gasteiger partial charge in [0.05, 0.1) is 17.2 Å². The van der Waals surface area contributed by atoms with Gasteiger partial charge in [0.25, 0.3) is 10.0 Å². The number of anilines is 1. The zero-order chi connectivity index (χ0) is 22.1. The Morgan fingerprint density at radius 2 is 1.73 bits per heavy atom. The van der Waals surface area contributed by atoms with Crippen molar-refractivity contribution in [1.29, 1.82) is 0 Å². The van der Waals surface area contributed by atoms with Crippen molar-refractivity contribution in [2.24, 2.45) is 0 Å². The summed E-state index contributed by atoms with van der Waals surface area (Å²) < 4.78 is 33.4. The Morgan fingerprint density at radius 1 is 1.10 bits per heavy atom. The standard InChI is InChI=1S/C22H30N2O4S2/c1-5-7-17(3)23-22(25)16-24(18-8-10-19(11-9-18)28-6-2)30(26,27)21-14-12-20(29-4)13-15-21/h8-15,17H,5-7,16H2,1-4H3,(H,23,25)/t17-/m1/s1. The van der Waals surface area contributed by atoms with Gasteiger partial charge in [-0.2, -0.15) is 0 Å². The van der Waals surface area contributed by atoms with Gasteiger partial charge in [0.15, 0.2) is 0 Å². The predicted molar refractivity (Wildman–Crippen MR) is 123 cm³/mol. The predicted octanol–water partition coefficient (Wildman–Crippen LogP) is 4.31. The number of hydrogen-bond acceptors (Lipinski definition) is 5. The van der Waals surface area contributed by atoms with Crippen LogP contribution >= 0.6 is 11.8 Å². The topological polar surface area (TPSA) is 75.7 Å². The largest absolute Gasteiger partial charge is 0.494 e. The van der Waals surface area contributed by atoms with E-state index in [1.54, 1.807) is 48.5 Å². The van der Waals surface area contributed by atoms with Crippen molar-refractivity contribution >= 4 is 33.4 Å². The van der Waals surface area contributed by atoms with Gasteiger partial charge in [-0.25, -0.2) is 8.42 Å². The molecule has 8 heteroatoms. The number of rotatable bonds is 11. The number of carbonyl (C=O) groups is 1. The summed E-state index contributed by atoms with van der Waals surface area (Å²) in [6.07, 6.45) is 3.69. The molecule has 0 saturated heterocycles. The van der Waals surface area contributed by atoms with Crippen LogP contribution in [0.5, 0.6) is 5.75 Å². The van der Waals surface area contributed by atoms with Crippen LogP contribution in [0.25, 0.3) is 0 Å². The molecule has 0 aliphatic carbocycles. The molecule has 30 heavy (non-hydrogen) atoms. The first kappa shape index (κ1) is 24.1. The number of benzene rings is 2. The molecule has 0 radical (unpaired) electrons. The van der Waals surface area contributed by atoms with Crippen molar-refractivity contribution in [2.75, 3.05) is 23.7 Å². The maximum atomic E-state index is 13.4. The highest BCUT2D eigenvalue weighted by Gasteiger charge is 2.27. The molecular weight excluding hydrogens is 420 g/mol. The van der Waals surface area contributed by atoms with Crippen molar-refractivity contribution in [1.82, 2.24) is 5.32 Å². The Labute approximate surface area is 184 Å². The van der Waals surface area contributed by atoms with Crippen LogP contribution in [0.3, 0.4) is 0 Å². The molecule has 0 bridgehead atoms. The summed E-state index contributed by atoms with van der Waals surface area (Å²) in [7, 11) is -3.92. The molecule has 0 aliphatic heterocycles. The fourth-order valence-corrected chi connectivity index (χ4v) is 4.85. The molecule has 2 rings (SSSR count). The van der Waals surface area contributed by atoms with Crippen molar-refractivity contribution in [2.45, 2.75) is 49.4 Å². The monoisotopic (exact) mass is 450 g/mol. The number of nitrogens with one attached hydrogen (secondary N) is 1. The van der Waals surface area contributed by atoms with Crippen LogP contribution < -0.4 is 14.4 Å². The fraction of sp³-hybridized carbons (Fsp3) is 0.409. The third kappa shape index (κ3) is 6.40. The normalized spacial score (nSPS) is 12.3. The summed E-state index contributed by atoms with van der Waals surface area (Å²) in [5.41, 5.74) is 0.408.